The minimum absolute atomic E-state index is 0.265. The number of phenolic OH excluding ortho intramolecular Hbond substituents is 1. The third-order valence-electron chi connectivity index (χ3n) is 6.84. The van der Waals surface area contributed by atoms with Gasteiger partial charge in [0.1, 0.15) is 12.9 Å². The monoisotopic (exact) mass is 315 g/mol. The van der Waals surface area contributed by atoms with Gasteiger partial charge in [0.15, 0.2) is 0 Å². The van der Waals surface area contributed by atoms with E-state index in [2.05, 4.69) is 18.1 Å². The minimum atomic E-state index is -0.692. The molecule has 0 saturated heterocycles. The third kappa shape index (κ3) is 1.90. The highest BCUT2D eigenvalue weighted by atomic mass is 16.6. The zero-order chi connectivity index (χ0) is 16.2. The summed E-state index contributed by atoms with van der Waals surface area (Å²) in [7, 11) is 1.59. The van der Waals surface area contributed by atoms with Gasteiger partial charge in [-0.2, -0.15) is 0 Å². The molecule has 4 nitrogen and oxygen atoms in total. The van der Waals surface area contributed by atoms with E-state index in [0.29, 0.717) is 11.7 Å². The van der Waals surface area contributed by atoms with Gasteiger partial charge in [-0.15, -0.1) is 0 Å². The largest absolute Gasteiger partial charge is 0.508 e. The Morgan fingerprint density at radius 2 is 2.04 bits per heavy atom. The SMILES string of the molecule is CO/N=C1/CC[C@@]2(O)[C@@H]3CCc4cc(O)ccc4[C@H]3CC[C@]12C. The summed E-state index contributed by atoms with van der Waals surface area (Å²) in [5.74, 6) is 0.999. The lowest BCUT2D eigenvalue weighted by Gasteiger charge is -2.54. The number of rotatable bonds is 1. The van der Waals surface area contributed by atoms with Crippen LogP contribution < -0.4 is 0 Å². The van der Waals surface area contributed by atoms with E-state index in [1.165, 1.54) is 11.1 Å². The number of fused-ring (bicyclic) bond motifs is 5. The molecule has 4 atom stereocenters. The molecule has 23 heavy (non-hydrogen) atoms. The fourth-order valence-corrected chi connectivity index (χ4v) is 5.59. The second-order valence-electron chi connectivity index (χ2n) is 7.65. The van der Waals surface area contributed by atoms with Crippen LogP contribution in [0.5, 0.6) is 5.75 Å². The molecule has 0 aromatic heterocycles. The molecule has 2 N–H and O–H groups in total. The smallest absolute Gasteiger partial charge is 0.115 e. The Bertz CT molecular complexity index is 671. The third-order valence-corrected chi connectivity index (χ3v) is 6.84. The average molecular weight is 315 g/mol. The quantitative estimate of drug-likeness (QED) is 0.781. The molecule has 3 aliphatic rings. The highest BCUT2D eigenvalue weighted by Crippen LogP contribution is 2.62. The van der Waals surface area contributed by atoms with Crippen molar-refractivity contribution in [1.82, 2.24) is 0 Å². The summed E-state index contributed by atoms with van der Waals surface area (Å²) in [4.78, 5) is 5.04. The highest BCUT2D eigenvalue weighted by Gasteiger charge is 2.63. The van der Waals surface area contributed by atoms with Crippen LogP contribution in [0.2, 0.25) is 0 Å². The Morgan fingerprint density at radius 1 is 1.22 bits per heavy atom. The van der Waals surface area contributed by atoms with Gasteiger partial charge < -0.3 is 15.1 Å². The van der Waals surface area contributed by atoms with E-state index in [0.717, 1.165) is 44.2 Å². The van der Waals surface area contributed by atoms with Crippen molar-refractivity contribution < 1.29 is 15.1 Å². The Kier molecular flexibility index (Phi) is 3.24. The molecule has 0 unspecified atom stereocenters. The number of hydrogen-bond acceptors (Lipinski definition) is 4. The van der Waals surface area contributed by atoms with E-state index in [1.54, 1.807) is 13.2 Å². The number of aromatic hydroxyl groups is 1. The van der Waals surface area contributed by atoms with Crippen LogP contribution in [0.1, 0.15) is 56.1 Å². The molecule has 0 bridgehead atoms. The van der Waals surface area contributed by atoms with E-state index in [9.17, 15) is 10.2 Å². The molecular formula is C19H25NO3. The molecule has 3 aliphatic carbocycles. The van der Waals surface area contributed by atoms with Crippen molar-refractivity contribution in [2.45, 2.75) is 57.0 Å². The van der Waals surface area contributed by atoms with Crippen LogP contribution in [-0.4, -0.2) is 28.6 Å². The number of aliphatic hydroxyl groups is 1. The fourth-order valence-electron chi connectivity index (χ4n) is 5.59. The van der Waals surface area contributed by atoms with Crippen LogP contribution in [0.25, 0.3) is 0 Å². The van der Waals surface area contributed by atoms with E-state index in [-0.39, 0.29) is 11.3 Å². The van der Waals surface area contributed by atoms with Crippen LogP contribution >= 0.6 is 0 Å². The summed E-state index contributed by atoms with van der Waals surface area (Å²) in [6.07, 6.45) is 5.51. The maximum atomic E-state index is 11.7. The van der Waals surface area contributed by atoms with Crippen LogP contribution in [0.3, 0.4) is 0 Å². The Hall–Kier alpha value is -1.55. The fraction of sp³-hybridized carbons (Fsp3) is 0.632. The predicted molar refractivity (Wildman–Crippen MR) is 88.6 cm³/mol. The van der Waals surface area contributed by atoms with Gasteiger partial charge in [0.25, 0.3) is 0 Å². The molecule has 1 aromatic carbocycles. The predicted octanol–water partition coefficient (Wildman–Crippen LogP) is 3.37. The maximum absolute atomic E-state index is 11.7. The van der Waals surface area contributed by atoms with Crippen LogP contribution in [0.4, 0.5) is 0 Å². The number of oxime groups is 1. The molecule has 0 spiro atoms. The first-order chi connectivity index (χ1) is 11.0. The summed E-state index contributed by atoms with van der Waals surface area (Å²) in [6.45, 7) is 2.17. The first-order valence-corrected chi connectivity index (χ1v) is 8.64. The summed E-state index contributed by atoms with van der Waals surface area (Å²) < 4.78 is 0. The molecule has 4 heteroatoms. The van der Waals surface area contributed by atoms with Crippen molar-refractivity contribution in [2.75, 3.05) is 7.11 Å². The maximum Gasteiger partial charge on any atom is 0.115 e. The number of benzene rings is 1. The van der Waals surface area contributed by atoms with Gasteiger partial charge in [-0.25, -0.2) is 0 Å². The van der Waals surface area contributed by atoms with Gasteiger partial charge in [0.05, 0.1) is 11.3 Å². The second-order valence-corrected chi connectivity index (χ2v) is 7.65. The first-order valence-electron chi connectivity index (χ1n) is 8.64. The molecule has 0 amide bonds. The number of aryl methyl sites for hydroxylation is 1. The number of nitrogens with zero attached hydrogens (tertiary/aromatic N) is 1. The lowest BCUT2D eigenvalue weighted by molar-refractivity contribution is -0.119. The standard InChI is InChI=1S/C19H25NO3/c1-18-9-7-15-14-5-4-13(21)11-12(14)3-6-16(15)19(18,22)10-8-17(18)20-23-2/h4-5,11,15-16,21-22H,3,6-10H2,1-2H3/b20-17-/t15-,16-,18-,19-/m1/s1. The normalized spacial score (nSPS) is 40.4. The Balaban J connectivity index is 1.75. The van der Waals surface area contributed by atoms with Crippen molar-refractivity contribution >= 4 is 5.71 Å². The average Bonchev–Trinajstić information content (AvgIpc) is 2.80. The van der Waals surface area contributed by atoms with Gasteiger partial charge in [-0.05, 0) is 73.6 Å². The van der Waals surface area contributed by atoms with Crippen LogP contribution in [0, 0.1) is 11.3 Å². The molecule has 0 aliphatic heterocycles. The van der Waals surface area contributed by atoms with Gasteiger partial charge in [-0.1, -0.05) is 18.1 Å². The van der Waals surface area contributed by atoms with Crippen molar-refractivity contribution in [3.05, 3.63) is 29.3 Å². The lowest BCUT2D eigenvalue weighted by atomic mass is 9.53. The topological polar surface area (TPSA) is 62.0 Å². The van der Waals surface area contributed by atoms with E-state index >= 15 is 0 Å². The van der Waals surface area contributed by atoms with Crippen molar-refractivity contribution in [2.24, 2.45) is 16.5 Å². The van der Waals surface area contributed by atoms with E-state index < -0.39 is 5.60 Å². The molecule has 1 aromatic rings. The molecule has 2 fully saturated rings. The highest BCUT2D eigenvalue weighted by molar-refractivity contribution is 5.93. The summed E-state index contributed by atoms with van der Waals surface area (Å²) in [5, 5.41) is 25.6. The zero-order valence-electron chi connectivity index (χ0n) is 13.9. The summed E-state index contributed by atoms with van der Waals surface area (Å²) in [5.41, 5.74) is 2.65. The van der Waals surface area contributed by atoms with Gasteiger partial charge >= 0.3 is 0 Å². The van der Waals surface area contributed by atoms with Crippen LogP contribution in [0.15, 0.2) is 23.4 Å². The summed E-state index contributed by atoms with van der Waals surface area (Å²) >= 11 is 0. The number of phenols is 1. The minimum Gasteiger partial charge on any atom is -0.508 e. The molecule has 0 radical (unpaired) electrons. The summed E-state index contributed by atoms with van der Waals surface area (Å²) in [6, 6.07) is 5.74. The van der Waals surface area contributed by atoms with Gasteiger partial charge in [0.2, 0.25) is 0 Å². The molecule has 124 valence electrons. The lowest BCUT2D eigenvalue weighted by Crippen LogP contribution is -2.56. The first kappa shape index (κ1) is 15.0. The number of hydrogen-bond donors (Lipinski definition) is 2. The van der Waals surface area contributed by atoms with Gasteiger partial charge in [0, 0.05) is 5.41 Å². The van der Waals surface area contributed by atoms with E-state index in [4.69, 9.17) is 4.84 Å². The van der Waals surface area contributed by atoms with Gasteiger partial charge in [-0.3, -0.25) is 0 Å². The van der Waals surface area contributed by atoms with Crippen LogP contribution in [-0.2, 0) is 11.3 Å². The molecule has 2 saturated carbocycles. The van der Waals surface area contributed by atoms with Crippen molar-refractivity contribution in [3.8, 4) is 5.75 Å². The van der Waals surface area contributed by atoms with Crippen molar-refractivity contribution in [1.29, 1.82) is 0 Å². The Labute approximate surface area is 137 Å². The van der Waals surface area contributed by atoms with Crippen molar-refractivity contribution in [3.63, 3.8) is 0 Å². The zero-order valence-corrected chi connectivity index (χ0v) is 13.9. The Morgan fingerprint density at radius 3 is 2.83 bits per heavy atom. The molecule has 0 heterocycles. The second kappa shape index (κ2) is 4.97. The van der Waals surface area contributed by atoms with E-state index in [1.807, 2.05) is 6.07 Å². The molecule has 4 rings (SSSR count). The molecular weight excluding hydrogens is 290 g/mol.